The van der Waals surface area contributed by atoms with Gasteiger partial charge in [0.25, 0.3) is 0 Å². The van der Waals surface area contributed by atoms with E-state index < -0.39 is 0 Å². The zero-order chi connectivity index (χ0) is 9.52. The molecule has 0 bridgehead atoms. The molecule has 13 heavy (non-hydrogen) atoms. The maximum atomic E-state index is 10.3. The van der Waals surface area contributed by atoms with E-state index in [9.17, 15) is 5.11 Å². The van der Waals surface area contributed by atoms with Crippen molar-refractivity contribution in [1.29, 1.82) is 0 Å². The zero-order valence-electron chi connectivity index (χ0n) is 8.25. The van der Waals surface area contributed by atoms with E-state index in [0.29, 0.717) is 0 Å². The largest absolute Gasteiger partial charge is 0.237 e. The molecule has 0 aromatic heterocycles. The Morgan fingerprint density at radius 2 is 1.77 bits per heavy atom. The van der Waals surface area contributed by atoms with Crippen LogP contribution in [0.15, 0.2) is 24.3 Å². The second kappa shape index (κ2) is 5.76. The highest BCUT2D eigenvalue weighted by molar-refractivity contribution is 5.26. The van der Waals surface area contributed by atoms with E-state index in [-0.39, 0.29) is 6.61 Å². The Hall–Kier alpha value is -0.820. The van der Waals surface area contributed by atoms with Crippen molar-refractivity contribution < 1.29 is 5.11 Å². The van der Waals surface area contributed by atoms with Gasteiger partial charge in [-0.3, -0.25) is 0 Å². The van der Waals surface area contributed by atoms with Crippen LogP contribution < -0.4 is 0 Å². The molecule has 71 valence electrons. The predicted octanol–water partition coefficient (Wildman–Crippen LogP) is 3.00. The van der Waals surface area contributed by atoms with Crippen molar-refractivity contribution >= 4 is 0 Å². The molecule has 0 saturated carbocycles. The number of rotatable bonds is 5. The summed E-state index contributed by atoms with van der Waals surface area (Å²) in [5, 5.41) is 10.3. The van der Waals surface area contributed by atoms with Crippen molar-refractivity contribution in [3.8, 4) is 0 Å². The molecule has 0 fully saturated rings. The first kappa shape index (κ1) is 10.3. The Balaban J connectivity index is 2.54. The van der Waals surface area contributed by atoms with Crippen LogP contribution in [0.25, 0.3) is 0 Å². The minimum absolute atomic E-state index is 0.0638. The van der Waals surface area contributed by atoms with Crippen molar-refractivity contribution in [2.24, 2.45) is 0 Å². The molecule has 0 N–H and O–H groups in total. The fraction of sp³-hybridized carbons (Fsp3) is 0.500. The molecule has 0 aliphatic carbocycles. The lowest BCUT2D eigenvalue weighted by molar-refractivity contribution is 0.187. The maximum Gasteiger partial charge on any atom is 0.0822 e. The van der Waals surface area contributed by atoms with Crippen LogP contribution in [0, 0.1) is 0 Å². The lowest BCUT2D eigenvalue weighted by Crippen LogP contribution is -1.93. The number of unbranched alkanes of at least 4 members (excludes halogenated alkanes) is 1. The van der Waals surface area contributed by atoms with Gasteiger partial charge in [0.05, 0.1) is 6.61 Å². The van der Waals surface area contributed by atoms with Gasteiger partial charge in [0.2, 0.25) is 0 Å². The van der Waals surface area contributed by atoms with Crippen molar-refractivity contribution in [3.63, 3.8) is 0 Å². The molecule has 0 saturated heterocycles. The standard InChI is InChI=1S/C12H17O/c1-2-11-7-3-4-8-12(11)9-5-6-10-13/h3-4,7-8H,2,5-6,9-10H2,1H3. The van der Waals surface area contributed by atoms with Crippen LogP contribution in [0.5, 0.6) is 0 Å². The molecule has 1 aromatic carbocycles. The molecule has 0 amide bonds. The first-order valence-electron chi connectivity index (χ1n) is 5.03. The van der Waals surface area contributed by atoms with E-state index in [4.69, 9.17) is 0 Å². The van der Waals surface area contributed by atoms with Crippen molar-refractivity contribution in [2.45, 2.75) is 32.6 Å². The van der Waals surface area contributed by atoms with Crippen LogP contribution in [0.1, 0.15) is 30.9 Å². The minimum atomic E-state index is 0.0638. The molecule has 0 spiro atoms. The minimum Gasteiger partial charge on any atom is -0.237 e. The summed E-state index contributed by atoms with van der Waals surface area (Å²) in [5.41, 5.74) is 2.84. The number of aryl methyl sites for hydroxylation is 2. The van der Waals surface area contributed by atoms with E-state index in [1.54, 1.807) is 0 Å². The van der Waals surface area contributed by atoms with Crippen LogP contribution in [0.2, 0.25) is 0 Å². The summed E-state index contributed by atoms with van der Waals surface area (Å²) < 4.78 is 0. The third-order valence-corrected chi connectivity index (χ3v) is 2.34. The molecule has 1 rings (SSSR count). The Labute approximate surface area is 80.4 Å². The fourth-order valence-corrected chi connectivity index (χ4v) is 1.56. The molecule has 0 atom stereocenters. The Morgan fingerprint density at radius 3 is 2.38 bits per heavy atom. The Bertz CT molecular complexity index is 243. The van der Waals surface area contributed by atoms with Gasteiger partial charge >= 0.3 is 0 Å². The van der Waals surface area contributed by atoms with Gasteiger partial charge in [-0.1, -0.05) is 31.2 Å². The first-order valence-corrected chi connectivity index (χ1v) is 5.03. The third-order valence-electron chi connectivity index (χ3n) is 2.34. The molecular formula is C12H17O. The Kier molecular flexibility index (Phi) is 4.55. The van der Waals surface area contributed by atoms with Gasteiger partial charge in [-0.2, -0.15) is 0 Å². The van der Waals surface area contributed by atoms with Crippen LogP contribution in [0.3, 0.4) is 0 Å². The lowest BCUT2D eigenvalue weighted by Gasteiger charge is -2.05. The van der Waals surface area contributed by atoms with E-state index in [1.165, 1.54) is 11.1 Å². The molecule has 1 nitrogen and oxygen atoms in total. The smallest absolute Gasteiger partial charge is 0.0822 e. The molecule has 1 heteroatoms. The summed E-state index contributed by atoms with van der Waals surface area (Å²) in [6, 6.07) is 8.50. The highest BCUT2D eigenvalue weighted by Crippen LogP contribution is 2.12. The molecule has 0 aliphatic heterocycles. The third kappa shape index (κ3) is 3.19. The predicted molar refractivity (Wildman–Crippen MR) is 54.3 cm³/mol. The summed E-state index contributed by atoms with van der Waals surface area (Å²) in [7, 11) is 0. The van der Waals surface area contributed by atoms with Crippen LogP contribution in [0.4, 0.5) is 0 Å². The normalized spacial score (nSPS) is 10.3. The van der Waals surface area contributed by atoms with Gasteiger partial charge < -0.3 is 0 Å². The molecule has 0 aliphatic rings. The summed E-state index contributed by atoms with van der Waals surface area (Å²) in [4.78, 5) is 0. The second-order valence-electron chi connectivity index (χ2n) is 3.28. The number of hydrogen-bond acceptors (Lipinski definition) is 0. The zero-order valence-corrected chi connectivity index (χ0v) is 8.25. The maximum absolute atomic E-state index is 10.3. The Morgan fingerprint density at radius 1 is 1.08 bits per heavy atom. The van der Waals surface area contributed by atoms with Gasteiger partial charge in [0.15, 0.2) is 0 Å². The van der Waals surface area contributed by atoms with Gasteiger partial charge in [-0.15, -0.1) is 0 Å². The summed E-state index contributed by atoms with van der Waals surface area (Å²) >= 11 is 0. The van der Waals surface area contributed by atoms with Gasteiger partial charge in [-0.25, -0.2) is 5.11 Å². The first-order chi connectivity index (χ1) is 6.38. The summed E-state index contributed by atoms with van der Waals surface area (Å²) in [6.07, 6.45) is 3.98. The quantitative estimate of drug-likeness (QED) is 0.616. The van der Waals surface area contributed by atoms with Gasteiger partial charge in [-0.05, 0) is 36.8 Å². The van der Waals surface area contributed by atoms with E-state index >= 15 is 0 Å². The van der Waals surface area contributed by atoms with Crippen molar-refractivity contribution in [1.82, 2.24) is 0 Å². The SMILES string of the molecule is CCc1ccccc1CCCC[O]. The van der Waals surface area contributed by atoms with Crippen LogP contribution in [-0.4, -0.2) is 6.61 Å². The van der Waals surface area contributed by atoms with E-state index in [1.807, 2.05) is 0 Å². The monoisotopic (exact) mass is 177 g/mol. The summed E-state index contributed by atoms with van der Waals surface area (Å²) in [6.45, 7) is 2.24. The van der Waals surface area contributed by atoms with E-state index in [0.717, 1.165) is 25.7 Å². The number of hydrogen-bond donors (Lipinski definition) is 0. The van der Waals surface area contributed by atoms with Crippen LogP contribution in [-0.2, 0) is 17.9 Å². The average Bonchev–Trinajstić information content (AvgIpc) is 2.19. The van der Waals surface area contributed by atoms with E-state index in [2.05, 4.69) is 31.2 Å². The lowest BCUT2D eigenvalue weighted by atomic mass is 10.0. The second-order valence-corrected chi connectivity index (χ2v) is 3.28. The highest BCUT2D eigenvalue weighted by atomic mass is 16.2. The molecular weight excluding hydrogens is 160 g/mol. The average molecular weight is 177 g/mol. The molecule has 0 heterocycles. The molecule has 1 radical (unpaired) electrons. The van der Waals surface area contributed by atoms with Crippen molar-refractivity contribution in [2.75, 3.05) is 6.61 Å². The topological polar surface area (TPSA) is 19.9 Å². The molecule has 1 aromatic rings. The highest BCUT2D eigenvalue weighted by Gasteiger charge is 1.98. The van der Waals surface area contributed by atoms with Crippen LogP contribution >= 0.6 is 0 Å². The summed E-state index contributed by atoms with van der Waals surface area (Å²) in [5.74, 6) is 0. The van der Waals surface area contributed by atoms with Crippen molar-refractivity contribution in [3.05, 3.63) is 35.4 Å². The molecule has 0 unspecified atom stereocenters. The van der Waals surface area contributed by atoms with Gasteiger partial charge in [0.1, 0.15) is 0 Å². The number of benzene rings is 1. The van der Waals surface area contributed by atoms with Gasteiger partial charge in [0, 0.05) is 0 Å². The fourth-order valence-electron chi connectivity index (χ4n) is 1.56.